The molecule has 56 heavy (non-hydrogen) atoms. The third-order valence-electron chi connectivity index (χ3n) is 11.5. The van der Waals surface area contributed by atoms with Gasteiger partial charge in [-0.25, -0.2) is 0 Å². The fraction of sp³-hybridized carbons (Fsp3) is 0.538. The van der Waals surface area contributed by atoms with Crippen LogP contribution in [0.2, 0.25) is 0 Å². The van der Waals surface area contributed by atoms with Crippen LogP contribution in [0.4, 0.5) is 26.3 Å². The molecule has 1 saturated carbocycles. The highest BCUT2D eigenvalue weighted by atomic mass is 32.1. The van der Waals surface area contributed by atoms with Gasteiger partial charge in [-0.15, -0.1) is 11.3 Å². The lowest BCUT2D eigenvalue weighted by Gasteiger charge is -2.52. The van der Waals surface area contributed by atoms with E-state index in [1.54, 1.807) is 45.0 Å². The Morgan fingerprint density at radius 1 is 0.982 bits per heavy atom. The Balaban J connectivity index is 1.34. The first-order valence-corrected chi connectivity index (χ1v) is 19.2. The second kappa shape index (κ2) is 14.8. The summed E-state index contributed by atoms with van der Waals surface area (Å²) in [6, 6.07) is 9.33. The number of carbonyl (C=O) groups excluding carboxylic acids is 2. The highest BCUT2D eigenvalue weighted by Crippen LogP contribution is 2.63. The fourth-order valence-electron chi connectivity index (χ4n) is 8.26. The van der Waals surface area contributed by atoms with Gasteiger partial charge in [0, 0.05) is 49.3 Å². The van der Waals surface area contributed by atoms with E-state index in [1.807, 2.05) is 0 Å². The largest absolute Gasteiger partial charge is 0.493 e. The van der Waals surface area contributed by atoms with E-state index in [4.69, 9.17) is 9.47 Å². The number of rotatable bonds is 11. The summed E-state index contributed by atoms with van der Waals surface area (Å²) in [5, 5.41) is 22.6. The number of halogens is 6. The Hall–Kier alpha value is -4.38. The number of piperidine rings is 2. The number of alkyl halides is 6. The highest BCUT2D eigenvalue weighted by Gasteiger charge is 2.76. The van der Waals surface area contributed by atoms with Crippen molar-refractivity contribution in [2.24, 2.45) is 11.3 Å². The predicted molar refractivity (Wildman–Crippen MR) is 191 cm³/mol. The van der Waals surface area contributed by atoms with E-state index in [1.165, 1.54) is 9.80 Å². The molecule has 304 valence electrons. The van der Waals surface area contributed by atoms with Crippen molar-refractivity contribution in [2.45, 2.75) is 94.8 Å². The van der Waals surface area contributed by atoms with Gasteiger partial charge in [-0.05, 0) is 70.1 Å². The summed E-state index contributed by atoms with van der Waals surface area (Å²) < 4.78 is 96.1. The minimum atomic E-state index is -4.92. The Labute approximate surface area is 323 Å². The Kier molecular flexibility index (Phi) is 10.9. The second-order valence-corrected chi connectivity index (χ2v) is 16.3. The molecule has 0 radical (unpaired) electrons. The maximum Gasteiger partial charge on any atom is 0.425 e. The molecule has 3 atom stereocenters. The third-order valence-corrected chi connectivity index (χ3v) is 12.5. The summed E-state index contributed by atoms with van der Waals surface area (Å²) >= 11 is 0.369. The van der Waals surface area contributed by atoms with Gasteiger partial charge in [0.05, 0.1) is 28.7 Å². The monoisotopic (exact) mass is 811 g/mol. The van der Waals surface area contributed by atoms with E-state index in [9.17, 15) is 46.1 Å². The molecule has 2 amide bonds. The molecule has 2 saturated heterocycles. The number of hydrogen-bond donors (Lipinski definition) is 2. The average Bonchev–Trinajstić information content (AvgIpc) is 3.67. The zero-order chi connectivity index (χ0) is 40.9. The topological polar surface area (TPSA) is 130 Å². The molecule has 2 aromatic heterocycles. The van der Waals surface area contributed by atoms with E-state index >= 15 is 4.79 Å². The van der Waals surface area contributed by atoms with Gasteiger partial charge in [0.2, 0.25) is 5.60 Å². The Morgan fingerprint density at radius 3 is 2.29 bits per heavy atom. The van der Waals surface area contributed by atoms with Crippen LogP contribution in [0.25, 0.3) is 0 Å². The number of para-hydroxylation sites is 1. The van der Waals surface area contributed by atoms with Gasteiger partial charge in [0.25, 0.3) is 11.8 Å². The summed E-state index contributed by atoms with van der Waals surface area (Å²) in [6.07, 6.45) is -7.80. The van der Waals surface area contributed by atoms with E-state index in [2.05, 4.69) is 4.98 Å². The number of amides is 2. The van der Waals surface area contributed by atoms with E-state index in [0.717, 1.165) is 29.8 Å². The zero-order valence-electron chi connectivity index (χ0n) is 31.0. The van der Waals surface area contributed by atoms with Crippen molar-refractivity contribution in [3.05, 3.63) is 75.7 Å². The summed E-state index contributed by atoms with van der Waals surface area (Å²) in [7, 11) is 0. The van der Waals surface area contributed by atoms with Crippen LogP contribution in [-0.2, 0) is 27.5 Å². The number of carbonyl (C=O) groups is 3. The number of aliphatic hydroxyl groups is 1. The Morgan fingerprint density at radius 2 is 1.68 bits per heavy atom. The molecule has 1 aliphatic carbocycles. The van der Waals surface area contributed by atoms with Crippen LogP contribution in [0.15, 0.2) is 54.0 Å². The molecule has 6 rings (SSSR count). The number of likely N-dealkylation sites (tertiary alicyclic amines) is 2. The Bertz CT molecular complexity index is 1960. The standard InChI is InChI=1S/C39H43F6N3O7S/c1-4-24-22-36(24)37(55-25-21-29(56-23-25)39(43,44)45,12-8-17-48(36)31(49)30-27(38(40,41)42)10-7-16-46-30)32(50)47-18-13-35(53,14-19-47)26-9-5-6-11-28(26)54-20-15-34(2,3)33(51)52/h5-7,9-11,16,21,23-24,53H,4,8,12-15,17-20,22H2,1-3H3,(H,51,52)/t24-,36?,37-/m1/s1. The SMILES string of the molecule is CC[C@@H]1CC12N(C(=O)c1ncccc1C(F)(F)F)CCC[C@@]2(Oc1csc(C(F)(F)F)c1)C(=O)N1CCC(O)(c2ccccc2OCCC(C)(C)C(=O)O)CC1. The normalized spacial score (nSPS) is 23.9. The molecule has 2 N–H and O–H groups in total. The maximum atomic E-state index is 15.1. The summed E-state index contributed by atoms with van der Waals surface area (Å²) in [5.41, 5.74) is -7.74. The van der Waals surface area contributed by atoms with Gasteiger partial charge in [-0.1, -0.05) is 31.5 Å². The van der Waals surface area contributed by atoms with Crippen molar-refractivity contribution >= 4 is 29.1 Å². The van der Waals surface area contributed by atoms with Crippen LogP contribution in [-0.4, -0.2) is 80.2 Å². The molecule has 3 aliphatic rings. The van der Waals surface area contributed by atoms with Crippen molar-refractivity contribution in [3.63, 3.8) is 0 Å². The van der Waals surface area contributed by atoms with Crippen molar-refractivity contribution < 1.29 is 60.4 Å². The molecule has 4 heterocycles. The predicted octanol–water partition coefficient (Wildman–Crippen LogP) is 7.79. The smallest absolute Gasteiger partial charge is 0.425 e. The lowest BCUT2D eigenvalue weighted by molar-refractivity contribution is -0.166. The summed E-state index contributed by atoms with van der Waals surface area (Å²) in [6.45, 7) is 4.86. The molecule has 2 aliphatic heterocycles. The molecule has 3 aromatic rings. The number of ether oxygens (including phenoxy) is 2. The van der Waals surface area contributed by atoms with Gasteiger partial charge in [0.15, 0.2) is 0 Å². The number of aromatic nitrogens is 1. The molecule has 1 aromatic carbocycles. The molecule has 3 fully saturated rings. The number of hydrogen-bond acceptors (Lipinski definition) is 8. The number of nitrogens with zero attached hydrogens (tertiary/aromatic N) is 3. The van der Waals surface area contributed by atoms with Crippen LogP contribution in [0, 0.1) is 11.3 Å². The van der Waals surface area contributed by atoms with Gasteiger partial charge in [-0.2, -0.15) is 26.3 Å². The average molecular weight is 812 g/mol. The quantitative estimate of drug-likeness (QED) is 0.188. The first kappa shape index (κ1) is 41.3. The van der Waals surface area contributed by atoms with Crippen molar-refractivity contribution in [1.82, 2.24) is 14.8 Å². The van der Waals surface area contributed by atoms with Crippen LogP contribution < -0.4 is 9.47 Å². The number of carboxylic acids is 1. The third kappa shape index (κ3) is 7.43. The van der Waals surface area contributed by atoms with Crippen LogP contribution in [0.1, 0.15) is 92.2 Å². The highest BCUT2D eigenvalue weighted by molar-refractivity contribution is 7.10. The maximum absolute atomic E-state index is 15.1. The van der Waals surface area contributed by atoms with Crippen LogP contribution in [0.3, 0.4) is 0 Å². The van der Waals surface area contributed by atoms with Gasteiger partial charge < -0.3 is 29.5 Å². The molecular weight excluding hydrogens is 768 g/mol. The van der Waals surface area contributed by atoms with E-state index < -0.39 is 74.3 Å². The number of thiophene rings is 1. The van der Waals surface area contributed by atoms with Crippen LogP contribution in [0.5, 0.6) is 11.5 Å². The number of aliphatic carboxylic acids is 1. The molecule has 1 unspecified atom stereocenters. The van der Waals surface area contributed by atoms with E-state index in [0.29, 0.717) is 29.1 Å². The first-order chi connectivity index (χ1) is 26.2. The molecule has 10 nitrogen and oxygen atoms in total. The van der Waals surface area contributed by atoms with Gasteiger partial charge in [-0.3, -0.25) is 19.4 Å². The number of pyridine rings is 1. The number of carboxylic acid groups (broad SMARTS) is 1. The molecular formula is C39H43F6N3O7S. The molecule has 0 bridgehead atoms. The van der Waals surface area contributed by atoms with Crippen molar-refractivity contribution in [3.8, 4) is 11.5 Å². The molecule has 1 spiro atoms. The minimum Gasteiger partial charge on any atom is -0.493 e. The van der Waals surface area contributed by atoms with Gasteiger partial charge in [0.1, 0.15) is 22.1 Å². The molecule has 17 heteroatoms. The lowest BCUT2D eigenvalue weighted by Crippen LogP contribution is -2.71. The van der Waals surface area contributed by atoms with Gasteiger partial charge >= 0.3 is 18.3 Å². The summed E-state index contributed by atoms with van der Waals surface area (Å²) in [5.74, 6) is -3.07. The lowest BCUT2D eigenvalue weighted by atomic mass is 9.76. The van der Waals surface area contributed by atoms with Crippen molar-refractivity contribution in [2.75, 3.05) is 26.2 Å². The zero-order valence-corrected chi connectivity index (χ0v) is 31.8. The second-order valence-electron chi connectivity index (χ2n) is 15.4. The fourth-order valence-corrected chi connectivity index (χ4v) is 8.94. The van der Waals surface area contributed by atoms with Crippen LogP contribution >= 0.6 is 11.3 Å². The first-order valence-electron chi connectivity index (χ1n) is 18.4. The van der Waals surface area contributed by atoms with Crippen molar-refractivity contribution in [1.29, 1.82) is 0 Å². The summed E-state index contributed by atoms with van der Waals surface area (Å²) in [4.78, 5) is 46.5. The minimum absolute atomic E-state index is 0.00220. The number of benzene rings is 1. The van der Waals surface area contributed by atoms with E-state index in [-0.39, 0.29) is 70.5 Å².